The highest BCUT2D eigenvalue weighted by atomic mass is 19.1. The van der Waals surface area contributed by atoms with Gasteiger partial charge in [0.1, 0.15) is 11.5 Å². The molecule has 0 radical (unpaired) electrons. The Morgan fingerprint density at radius 1 is 1.23 bits per heavy atom. The molecule has 1 N–H and O–H groups in total. The van der Waals surface area contributed by atoms with Crippen molar-refractivity contribution in [2.24, 2.45) is 0 Å². The van der Waals surface area contributed by atoms with Crippen LogP contribution in [0.25, 0.3) is 0 Å². The van der Waals surface area contributed by atoms with Gasteiger partial charge in [-0.25, -0.2) is 4.39 Å². The van der Waals surface area contributed by atoms with Crippen LogP contribution in [0.5, 0.6) is 0 Å². The number of benzene rings is 1. The first-order chi connectivity index (χ1) is 10.7. The van der Waals surface area contributed by atoms with Gasteiger partial charge in [-0.1, -0.05) is 12.1 Å². The molecule has 1 aliphatic heterocycles. The molecule has 6 heteroatoms. The molecule has 0 unspecified atom stereocenters. The number of carbonyl (C=O) groups excluding carboxylic acids is 1. The lowest BCUT2D eigenvalue weighted by Crippen LogP contribution is -2.36. The maximum atomic E-state index is 13.6. The van der Waals surface area contributed by atoms with Crippen LogP contribution in [0.3, 0.4) is 0 Å². The molecule has 3 rings (SSSR count). The number of halogens is 1. The van der Waals surface area contributed by atoms with Crippen LogP contribution in [-0.2, 0) is 4.74 Å². The molecule has 1 fully saturated rings. The van der Waals surface area contributed by atoms with Gasteiger partial charge in [-0.05, 0) is 24.3 Å². The second-order valence-corrected chi connectivity index (χ2v) is 4.93. The number of amides is 1. The smallest absolute Gasteiger partial charge is 0.274 e. The predicted octanol–water partition coefficient (Wildman–Crippen LogP) is 2.31. The van der Waals surface area contributed by atoms with Crippen LogP contribution in [0.15, 0.2) is 42.6 Å². The molecule has 5 nitrogen and oxygen atoms in total. The van der Waals surface area contributed by atoms with Crippen molar-refractivity contribution in [3.63, 3.8) is 0 Å². The van der Waals surface area contributed by atoms with Gasteiger partial charge in [-0.3, -0.25) is 9.78 Å². The molecule has 22 heavy (non-hydrogen) atoms. The number of rotatable bonds is 3. The largest absolute Gasteiger partial charge is 0.378 e. The molecule has 0 atom stereocenters. The molecule has 0 aliphatic carbocycles. The third kappa shape index (κ3) is 3.23. The van der Waals surface area contributed by atoms with Gasteiger partial charge in [0.2, 0.25) is 0 Å². The highest BCUT2D eigenvalue weighted by Crippen LogP contribution is 2.18. The summed E-state index contributed by atoms with van der Waals surface area (Å²) in [5.74, 6) is -0.902. The molecule has 1 aliphatic rings. The number of hydrogen-bond acceptors (Lipinski definition) is 4. The van der Waals surface area contributed by atoms with Crippen LogP contribution >= 0.6 is 0 Å². The second-order valence-electron chi connectivity index (χ2n) is 4.93. The number of pyridine rings is 1. The maximum Gasteiger partial charge on any atom is 0.274 e. The number of para-hydroxylation sites is 1. The summed E-state index contributed by atoms with van der Waals surface area (Å²) in [6.07, 6.45) is 1.58. The van der Waals surface area contributed by atoms with E-state index in [2.05, 4.69) is 15.2 Å². The van der Waals surface area contributed by atoms with E-state index in [4.69, 9.17) is 4.74 Å². The van der Waals surface area contributed by atoms with Crippen molar-refractivity contribution in [1.29, 1.82) is 0 Å². The Balaban J connectivity index is 1.76. The number of ether oxygens (including phenoxy) is 1. The molecule has 0 saturated carbocycles. The van der Waals surface area contributed by atoms with Gasteiger partial charge in [-0.2, -0.15) is 0 Å². The fraction of sp³-hybridized carbons (Fsp3) is 0.250. The van der Waals surface area contributed by atoms with Gasteiger partial charge >= 0.3 is 0 Å². The monoisotopic (exact) mass is 301 g/mol. The first-order valence-electron chi connectivity index (χ1n) is 7.09. The quantitative estimate of drug-likeness (QED) is 0.945. The van der Waals surface area contributed by atoms with E-state index in [1.165, 1.54) is 12.1 Å². The van der Waals surface area contributed by atoms with E-state index in [0.717, 1.165) is 18.8 Å². The molecular weight excluding hydrogens is 285 g/mol. The Kier molecular flexibility index (Phi) is 4.29. The summed E-state index contributed by atoms with van der Waals surface area (Å²) in [5.41, 5.74) is 1.32. The Labute approximate surface area is 127 Å². The van der Waals surface area contributed by atoms with Crippen LogP contribution in [-0.4, -0.2) is 37.2 Å². The molecule has 0 bridgehead atoms. The number of nitrogens with zero attached hydrogens (tertiary/aromatic N) is 2. The van der Waals surface area contributed by atoms with E-state index in [-0.39, 0.29) is 11.4 Å². The summed E-state index contributed by atoms with van der Waals surface area (Å²) < 4.78 is 18.9. The summed E-state index contributed by atoms with van der Waals surface area (Å²) in [5, 5.41) is 2.54. The Hall–Kier alpha value is -2.47. The fourth-order valence-corrected chi connectivity index (χ4v) is 2.31. The third-order valence-electron chi connectivity index (χ3n) is 3.47. The van der Waals surface area contributed by atoms with Crippen LogP contribution in [0, 0.1) is 5.82 Å². The Morgan fingerprint density at radius 3 is 2.77 bits per heavy atom. The fourth-order valence-electron chi connectivity index (χ4n) is 2.31. The molecule has 1 aromatic carbocycles. The van der Waals surface area contributed by atoms with E-state index >= 15 is 0 Å². The van der Waals surface area contributed by atoms with Gasteiger partial charge < -0.3 is 15.0 Å². The molecule has 0 spiro atoms. The minimum Gasteiger partial charge on any atom is -0.378 e. The standard InChI is InChI=1S/C16H16FN3O2/c17-13-3-1-2-4-14(13)19-16(21)15-11-12(5-6-18-15)20-7-9-22-10-8-20/h1-6,11H,7-10H2,(H,19,21). The third-order valence-corrected chi connectivity index (χ3v) is 3.47. The zero-order valence-electron chi connectivity index (χ0n) is 12.0. The maximum absolute atomic E-state index is 13.6. The van der Waals surface area contributed by atoms with Gasteiger partial charge in [0.05, 0.1) is 18.9 Å². The van der Waals surface area contributed by atoms with Crippen LogP contribution in [0.4, 0.5) is 15.8 Å². The predicted molar refractivity (Wildman–Crippen MR) is 81.6 cm³/mol. The number of anilines is 2. The van der Waals surface area contributed by atoms with E-state index in [1.54, 1.807) is 24.4 Å². The van der Waals surface area contributed by atoms with Gasteiger partial charge in [-0.15, -0.1) is 0 Å². The van der Waals surface area contributed by atoms with Crippen LogP contribution in [0.1, 0.15) is 10.5 Å². The molecule has 2 heterocycles. The van der Waals surface area contributed by atoms with E-state index in [1.807, 2.05) is 6.07 Å². The van der Waals surface area contributed by atoms with Crippen LogP contribution in [0.2, 0.25) is 0 Å². The number of nitrogens with one attached hydrogen (secondary N) is 1. The van der Waals surface area contributed by atoms with E-state index in [9.17, 15) is 9.18 Å². The zero-order chi connectivity index (χ0) is 15.4. The number of aromatic nitrogens is 1. The molecule has 1 amide bonds. The lowest BCUT2D eigenvalue weighted by atomic mass is 10.2. The minimum absolute atomic E-state index is 0.145. The topological polar surface area (TPSA) is 54.5 Å². The summed E-state index contributed by atoms with van der Waals surface area (Å²) >= 11 is 0. The molecule has 1 aromatic heterocycles. The average molecular weight is 301 g/mol. The number of morpholine rings is 1. The zero-order valence-corrected chi connectivity index (χ0v) is 12.0. The molecule has 2 aromatic rings. The summed E-state index contributed by atoms with van der Waals surface area (Å²) in [6, 6.07) is 9.61. The summed E-state index contributed by atoms with van der Waals surface area (Å²) in [4.78, 5) is 18.4. The summed E-state index contributed by atoms with van der Waals surface area (Å²) in [6.45, 7) is 2.88. The van der Waals surface area contributed by atoms with Gasteiger partial charge in [0, 0.05) is 25.0 Å². The first kappa shape index (κ1) is 14.5. The first-order valence-corrected chi connectivity index (χ1v) is 7.09. The second kappa shape index (κ2) is 6.53. The lowest BCUT2D eigenvalue weighted by Gasteiger charge is -2.28. The summed E-state index contributed by atoms with van der Waals surface area (Å²) in [7, 11) is 0. The van der Waals surface area contributed by atoms with Gasteiger partial charge in [0.25, 0.3) is 5.91 Å². The van der Waals surface area contributed by atoms with Crippen molar-refractivity contribution in [3.05, 3.63) is 54.1 Å². The van der Waals surface area contributed by atoms with Crippen molar-refractivity contribution in [3.8, 4) is 0 Å². The van der Waals surface area contributed by atoms with Crippen molar-refractivity contribution in [2.45, 2.75) is 0 Å². The van der Waals surface area contributed by atoms with Crippen molar-refractivity contribution in [1.82, 2.24) is 4.98 Å². The normalized spacial score (nSPS) is 14.7. The van der Waals surface area contributed by atoms with Gasteiger partial charge in [0.15, 0.2) is 0 Å². The van der Waals surface area contributed by atoms with Crippen molar-refractivity contribution in [2.75, 3.05) is 36.5 Å². The molecular formula is C16H16FN3O2. The lowest BCUT2D eigenvalue weighted by molar-refractivity contribution is 0.102. The SMILES string of the molecule is O=C(Nc1ccccc1F)c1cc(N2CCOCC2)ccn1. The molecule has 114 valence electrons. The Morgan fingerprint density at radius 2 is 2.00 bits per heavy atom. The van der Waals surface area contributed by atoms with E-state index in [0.29, 0.717) is 13.2 Å². The highest BCUT2D eigenvalue weighted by molar-refractivity contribution is 6.03. The van der Waals surface area contributed by atoms with Crippen molar-refractivity contribution < 1.29 is 13.9 Å². The molecule has 1 saturated heterocycles. The van der Waals surface area contributed by atoms with Crippen molar-refractivity contribution >= 4 is 17.3 Å². The average Bonchev–Trinajstić information content (AvgIpc) is 2.58. The number of carbonyl (C=O) groups is 1. The van der Waals surface area contributed by atoms with E-state index < -0.39 is 11.7 Å². The minimum atomic E-state index is -0.472. The highest BCUT2D eigenvalue weighted by Gasteiger charge is 2.15. The van der Waals surface area contributed by atoms with Crippen LogP contribution < -0.4 is 10.2 Å². The number of hydrogen-bond donors (Lipinski definition) is 1. The Bertz CT molecular complexity index is 672.